The van der Waals surface area contributed by atoms with Gasteiger partial charge in [0.25, 0.3) is 5.91 Å². The third-order valence-corrected chi connectivity index (χ3v) is 8.02. The minimum absolute atomic E-state index is 0.0275. The van der Waals surface area contributed by atoms with Gasteiger partial charge in [0, 0.05) is 55.4 Å². The molecule has 2 aromatic carbocycles. The number of aromatic nitrogens is 3. The SMILES string of the molecule is COc1ccc(-c2cnc3c(Nc4ccc(C(=O)N5CCN(C(=O)C6NCC[C@@H]6O)CC5)c(C)c4)nccn23)c(F)c1F. The van der Waals surface area contributed by atoms with Crippen molar-refractivity contribution >= 4 is 29.0 Å². The number of aliphatic hydroxyl groups excluding tert-OH is 1. The molecule has 224 valence electrons. The number of nitrogens with one attached hydrogen (secondary N) is 2. The summed E-state index contributed by atoms with van der Waals surface area (Å²) in [5.41, 5.74) is 2.73. The molecule has 2 atom stereocenters. The summed E-state index contributed by atoms with van der Waals surface area (Å²) in [6, 6.07) is 7.54. The van der Waals surface area contributed by atoms with Gasteiger partial charge in [-0.15, -0.1) is 0 Å². The fourth-order valence-corrected chi connectivity index (χ4v) is 5.65. The number of aryl methyl sites for hydroxylation is 1. The number of aliphatic hydroxyl groups is 1. The van der Waals surface area contributed by atoms with Crippen molar-refractivity contribution in [3.8, 4) is 17.0 Å². The van der Waals surface area contributed by atoms with Crippen LogP contribution in [0.1, 0.15) is 22.3 Å². The third kappa shape index (κ3) is 5.25. The summed E-state index contributed by atoms with van der Waals surface area (Å²) in [4.78, 5) is 38.3. The number of amides is 2. The van der Waals surface area contributed by atoms with Crippen LogP contribution in [0.25, 0.3) is 16.9 Å². The largest absolute Gasteiger partial charge is 0.494 e. The van der Waals surface area contributed by atoms with Gasteiger partial charge in [-0.2, -0.15) is 4.39 Å². The van der Waals surface area contributed by atoms with E-state index in [1.165, 1.54) is 31.6 Å². The molecular weight excluding hydrogens is 560 g/mol. The standard InChI is InChI=1S/C30H31F2N7O4/c1-17-15-18(3-4-19(17)29(41)37-11-13-38(14-12-37)30(42)26-22(40)7-8-33-26)36-27-28-35-16-21(39(28)10-9-34-27)20-5-6-23(43-2)25(32)24(20)31/h3-6,9-10,15-16,22,26,33,40H,7-8,11-14H2,1-2H3,(H,34,36)/t22-,26?/m0/s1. The number of anilines is 2. The van der Waals surface area contributed by atoms with Crippen LogP contribution in [0.15, 0.2) is 48.9 Å². The number of hydrogen-bond acceptors (Lipinski definition) is 8. The van der Waals surface area contributed by atoms with Crippen molar-refractivity contribution in [3.63, 3.8) is 0 Å². The third-order valence-electron chi connectivity index (χ3n) is 8.02. The molecule has 3 N–H and O–H groups in total. The Bertz CT molecular complexity index is 1700. The quantitative estimate of drug-likeness (QED) is 0.313. The molecule has 4 heterocycles. The summed E-state index contributed by atoms with van der Waals surface area (Å²) >= 11 is 0. The molecule has 2 amide bonds. The van der Waals surface area contributed by atoms with Gasteiger partial charge < -0.3 is 30.3 Å². The van der Waals surface area contributed by atoms with Crippen LogP contribution in [0, 0.1) is 18.6 Å². The van der Waals surface area contributed by atoms with E-state index in [-0.39, 0.29) is 23.1 Å². The minimum Gasteiger partial charge on any atom is -0.494 e. The Hall–Kier alpha value is -4.62. The number of rotatable bonds is 6. The van der Waals surface area contributed by atoms with E-state index < -0.39 is 23.8 Å². The zero-order valence-corrected chi connectivity index (χ0v) is 23.7. The van der Waals surface area contributed by atoms with Crippen LogP contribution in [-0.4, -0.2) is 93.1 Å². The second-order valence-electron chi connectivity index (χ2n) is 10.6. The van der Waals surface area contributed by atoms with E-state index >= 15 is 0 Å². The summed E-state index contributed by atoms with van der Waals surface area (Å²) in [6.07, 6.45) is 4.45. The Morgan fingerprint density at radius 1 is 1.07 bits per heavy atom. The Kier molecular flexibility index (Phi) is 7.67. The molecular formula is C30H31F2N7O4. The molecule has 2 fully saturated rings. The summed E-state index contributed by atoms with van der Waals surface area (Å²) in [6.45, 7) is 4.07. The number of nitrogens with zero attached hydrogens (tertiary/aromatic N) is 5. The number of imidazole rings is 1. The molecule has 43 heavy (non-hydrogen) atoms. The lowest BCUT2D eigenvalue weighted by atomic mass is 10.1. The van der Waals surface area contributed by atoms with Crippen LogP contribution in [0.2, 0.25) is 0 Å². The molecule has 6 rings (SSSR count). The van der Waals surface area contributed by atoms with Crippen molar-refractivity contribution < 1.29 is 28.2 Å². The number of methoxy groups -OCH3 is 1. The van der Waals surface area contributed by atoms with Crippen molar-refractivity contribution in [1.82, 2.24) is 29.5 Å². The first-order valence-corrected chi connectivity index (χ1v) is 14.0. The smallest absolute Gasteiger partial charge is 0.254 e. The first-order valence-electron chi connectivity index (χ1n) is 14.0. The lowest BCUT2D eigenvalue weighted by molar-refractivity contribution is -0.136. The highest BCUT2D eigenvalue weighted by molar-refractivity contribution is 5.96. The molecule has 0 radical (unpaired) electrons. The van der Waals surface area contributed by atoms with Gasteiger partial charge in [0.2, 0.25) is 11.7 Å². The fraction of sp³-hybridized carbons (Fsp3) is 0.333. The molecule has 4 aromatic rings. The molecule has 0 bridgehead atoms. The number of benzene rings is 2. The molecule has 2 aliphatic heterocycles. The van der Waals surface area contributed by atoms with Gasteiger partial charge in [-0.3, -0.25) is 14.0 Å². The van der Waals surface area contributed by atoms with Crippen molar-refractivity contribution in [2.24, 2.45) is 0 Å². The van der Waals surface area contributed by atoms with E-state index in [9.17, 15) is 23.5 Å². The van der Waals surface area contributed by atoms with Gasteiger partial charge in [-0.05, 0) is 55.8 Å². The second-order valence-corrected chi connectivity index (χ2v) is 10.6. The van der Waals surface area contributed by atoms with Crippen LogP contribution in [0.5, 0.6) is 5.75 Å². The molecule has 13 heteroatoms. The monoisotopic (exact) mass is 591 g/mol. The second kappa shape index (κ2) is 11.6. The van der Waals surface area contributed by atoms with E-state index in [0.29, 0.717) is 67.6 Å². The average molecular weight is 592 g/mol. The van der Waals surface area contributed by atoms with E-state index in [2.05, 4.69) is 20.6 Å². The highest BCUT2D eigenvalue weighted by Gasteiger charge is 2.36. The van der Waals surface area contributed by atoms with Crippen LogP contribution >= 0.6 is 0 Å². The first kappa shape index (κ1) is 28.5. The number of ether oxygens (including phenoxy) is 1. The molecule has 0 aliphatic carbocycles. The predicted octanol–water partition coefficient (Wildman–Crippen LogP) is 2.74. The van der Waals surface area contributed by atoms with Gasteiger partial charge >= 0.3 is 0 Å². The van der Waals surface area contributed by atoms with E-state index in [1.807, 2.05) is 13.0 Å². The average Bonchev–Trinajstić information content (AvgIpc) is 3.65. The number of hydrogen-bond donors (Lipinski definition) is 3. The maximum absolute atomic E-state index is 14.8. The minimum atomic E-state index is -1.08. The van der Waals surface area contributed by atoms with Gasteiger partial charge in [0.05, 0.1) is 25.1 Å². The molecule has 0 spiro atoms. The van der Waals surface area contributed by atoms with Crippen LogP contribution in [0.3, 0.4) is 0 Å². The van der Waals surface area contributed by atoms with E-state index in [4.69, 9.17) is 4.74 Å². The highest BCUT2D eigenvalue weighted by atomic mass is 19.2. The number of piperazine rings is 1. The van der Waals surface area contributed by atoms with Gasteiger partial charge in [-0.25, -0.2) is 14.4 Å². The summed E-state index contributed by atoms with van der Waals surface area (Å²) < 4.78 is 35.7. The molecule has 2 aromatic heterocycles. The van der Waals surface area contributed by atoms with Gasteiger partial charge in [-0.1, -0.05) is 0 Å². The van der Waals surface area contributed by atoms with Crippen molar-refractivity contribution in [2.75, 3.05) is 45.2 Å². The first-order chi connectivity index (χ1) is 20.8. The fourth-order valence-electron chi connectivity index (χ4n) is 5.65. The van der Waals surface area contributed by atoms with Gasteiger partial charge in [0.15, 0.2) is 23.0 Å². The Morgan fingerprint density at radius 3 is 2.53 bits per heavy atom. The Morgan fingerprint density at radius 2 is 1.84 bits per heavy atom. The van der Waals surface area contributed by atoms with Crippen LogP contribution in [0.4, 0.5) is 20.3 Å². The van der Waals surface area contributed by atoms with Crippen LogP contribution in [-0.2, 0) is 4.79 Å². The van der Waals surface area contributed by atoms with Crippen molar-refractivity contribution in [3.05, 3.63) is 71.7 Å². The normalized spacial score (nSPS) is 18.7. The molecule has 11 nitrogen and oxygen atoms in total. The number of fused-ring (bicyclic) bond motifs is 1. The zero-order valence-electron chi connectivity index (χ0n) is 23.7. The predicted molar refractivity (Wildman–Crippen MR) is 154 cm³/mol. The maximum atomic E-state index is 14.8. The summed E-state index contributed by atoms with van der Waals surface area (Å²) in [5.74, 6) is -2.17. The van der Waals surface area contributed by atoms with Gasteiger partial charge in [0.1, 0.15) is 6.04 Å². The lowest BCUT2D eigenvalue weighted by Crippen LogP contribution is -2.56. The molecule has 2 saturated heterocycles. The summed E-state index contributed by atoms with van der Waals surface area (Å²) in [5, 5.41) is 16.3. The maximum Gasteiger partial charge on any atom is 0.254 e. The topological polar surface area (TPSA) is 124 Å². The molecule has 1 unspecified atom stereocenters. The Balaban J connectivity index is 1.16. The van der Waals surface area contributed by atoms with E-state index in [1.54, 1.807) is 32.5 Å². The number of halogens is 2. The van der Waals surface area contributed by atoms with E-state index in [0.717, 1.165) is 5.56 Å². The van der Waals surface area contributed by atoms with Crippen molar-refractivity contribution in [2.45, 2.75) is 25.5 Å². The molecule has 2 aliphatic rings. The van der Waals surface area contributed by atoms with Crippen molar-refractivity contribution in [1.29, 1.82) is 0 Å². The molecule has 0 saturated carbocycles. The Labute approximate surface area is 246 Å². The highest BCUT2D eigenvalue weighted by Crippen LogP contribution is 2.31. The zero-order chi connectivity index (χ0) is 30.2. The van der Waals surface area contributed by atoms with Crippen LogP contribution < -0.4 is 15.4 Å². The number of carbonyl (C=O) groups excluding carboxylic acids is 2. The lowest BCUT2D eigenvalue weighted by Gasteiger charge is -2.36. The summed E-state index contributed by atoms with van der Waals surface area (Å²) in [7, 11) is 1.27. The number of carbonyl (C=O) groups is 2.